The molecule has 0 atom stereocenters. The Kier molecular flexibility index (Phi) is 5.63. The Balaban J connectivity index is 1.80. The van der Waals surface area contributed by atoms with Crippen molar-refractivity contribution in [2.45, 2.75) is 43.2 Å². The summed E-state index contributed by atoms with van der Waals surface area (Å²) in [4.78, 5) is 12.3. The van der Waals surface area contributed by atoms with Gasteiger partial charge in [0.25, 0.3) is 5.91 Å². The van der Waals surface area contributed by atoms with Gasteiger partial charge in [-0.1, -0.05) is 12.8 Å². The van der Waals surface area contributed by atoms with Crippen LogP contribution < -0.4 is 14.8 Å². The van der Waals surface area contributed by atoms with Gasteiger partial charge in [-0.05, 0) is 43.2 Å². The number of rotatable bonds is 7. The molecule has 2 N–H and O–H groups in total. The molecule has 1 aliphatic carbocycles. The van der Waals surface area contributed by atoms with Crippen molar-refractivity contribution in [3.05, 3.63) is 47.9 Å². The molecule has 140 valence electrons. The minimum absolute atomic E-state index is 0.0300. The molecule has 8 heteroatoms. The van der Waals surface area contributed by atoms with Gasteiger partial charge in [-0.25, -0.2) is 13.1 Å². The van der Waals surface area contributed by atoms with Crippen LogP contribution in [0, 0.1) is 0 Å². The molecule has 1 aliphatic rings. The number of sulfonamides is 1. The summed E-state index contributed by atoms with van der Waals surface area (Å²) in [6.45, 7) is 0.222. The van der Waals surface area contributed by atoms with Gasteiger partial charge in [0.1, 0.15) is 16.4 Å². The second-order valence-corrected chi connectivity index (χ2v) is 7.91. The summed E-state index contributed by atoms with van der Waals surface area (Å²) in [6.07, 6.45) is 5.20. The first kappa shape index (κ1) is 18.5. The number of carbonyl (C=O) groups excluding carboxylic acids is 1. The van der Waals surface area contributed by atoms with E-state index in [1.54, 1.807) is 12.1 Å². The molecule has 1 heterocycles. The van der Waals surface area contributed by atoms with E-state index in [9.17, 15) is 13.2 Å². The highest BCUT2D eigenvalue weighted by Gasteiger charge is 2.26. The average Bonchev–Trinajstić information content (AvgIpc) is 3.32. The Morgan fingerprint density at radius 3 is 2.69 bits per heavy atom. The Morgan fingerprint density at radius 2 is 2.04 bits per heavy atom. The number of hydrogen-bond acceptors (Lipinski definition) is 5. The molecule has 1 aromatic carbocycles. The summed E-state index contributed by atoms with van der Waals surface area (Å²) < 4.78 is 38.6. The predicted molar refractivity (Wildman–Crippen MR) is 95.4 cm³/mol. The minimum atomic E-state index is -3.77. The SMILES string of the molecule is COc1ccc(C(=O)NCc2ccco2)cc1S(=O)(=O)NC1CCCC1. The first-order valence-electron chi connectivity index (χ1n) is 8.50. The highest BCUT2D eigenvalue weighted by molar-refractivity contribution is 7.89. The zero-order chi connectivity index (χ0) is 18.6. The third kappa shape index (κ3) is 4.25. The van der Waals surface area contributed by atoms with Crippen LogP contribution in [-0.4, -0.2) is 27.5 Å². The molecule has 0 aliphatic heterocycles. The van der Waals surface area contributed by atoms with Crippen molar-refractivity contribution in [1.82, 2.24) is 10.0 Å². The molecule has 1 amide bonds. The van der Waals surface area contributed by atoms with Crippen molar-refractivity contribution in [3.63, 3.8) is 0 Å². The van der Waals surface area contributed by atoms with E-state index in [2.05, 4.69) is 10.0 Å². The molecule has 2 aromatic rings. The summed E-state index contributed by atoms with van der Waals surface area (Å²) in [5.74, 6) is 0.432. The van der Waals surface area contributed by atoms with E-state index in [1.165, 1.54) is 31.6 Å². The van der Waals surface area contributed by atoms with Gasteiger partial charge in [0.2, 0.25) is 10.0 Å². The maximum Gasteiger partial charge on any atom is 0.251 e. The summed E-state index contributed by atoms with van der Waals surface area (Å²) in [6, 6.07) is 7.77. The monoisotopic (exact) mass is 378 g/mol. The van der Waals surface area contributed by atoms with Crippen LogP contribution >= 0.6 is 0 Å². The van der Waals surface area contributed by atoms with Crippen molar-refractivity contribution in [3.8, 4) is 5.75 Å². The Hall–Kier alpha value is -2.32. The second kappa shape index (κ2) is 7.92. The number of amides is 1. The maximum absolute atomic E-state index is 12.7. The smallest absolute Gasteiger partial charge is 0.251 e. The molecule has 0 radical (unpaired) electrons. The molecular formula is C18H22N2O5S. The zero-order valence-corrected chi connectivity index (χ0v) is 15.3. The fraction of sp³-hybridized carbons (Fsp3) is 0.389. The number of ether oxygens (including phenoxy) is 1. The molecule has 1 aromatic heterocycles. The lowest BCUT2D eigenvalue weighted by Gasteiger charge is -2.15. The molecule has 0 saturated heterocycles. The van der Waals surface area contributed by atoms with E-state index in [0.717, 1.165) is 25.7 Å². The fourth-order valence-electron chi connectivity index (χ4n) is 3.04. The van der Waals surface area contributed by atoms with Gasteiger partial charge < -0.3 is 14.5 Å². The van der Waals surface area contributed by atoms with Crippen molar-refractivity contribution in [1.29, 1.82) is 0 Å². The number of methoxy groups -OCH3 is 1. The van der Waals surface area contributed by atoms with Crippen LogP contribution in [0.5, 0.6) is 5.75 Å². The number of nitrogens with one attached hydrogen (secondary N) is 2. The molecule has 1 saturated carbocycles. The molecule has 0 bridgehead atoms. The molecule has 7 nitrogen and oxygen atoms in total. The number of carbonyl (C=O) groups is 1. The van der Waals surface area contributed by atoms with Gasteiger partial charge in [0.05, 0.1) is 19.9 Å². The number of benzene rings is 1. The Labute approximate surface area is 152 Å². The van der Waals surface area contributed by atoms with Gasteiger partial charge in [0, 0.05) is 11.6 Å². The molecule has 3 rings (SSSR count). The van der Waals surface area contributed by atoms with Crippen LogP contribution in [0.25, 0.3) is 0 Å². The first-order valence-corrected chi connectivity index (χ1v) is 9.99. The van der Waals surface area contributed by atoms with E-state index in [1.807, 2.05) is 0 Å². The van der Waals surface area contributed by atoms with E-state index < -0.39 is 10.0 Å². The third-order valence-electron chi connectivity index (χ3n) is 4.40. The lowest BCUT2D eigenvalue weighted by molar-refractivity contribution is 0.0947. The number of hydrogen-bond donors (Lipinski definition) is 2. The van der Waals surface area contributed by atoms with Gasteiger partial charge >= 0.3 is 0 Å². The fourth-order valence-corrected chi connectivity index (χ4v) is 4.54. The highest BCUT2D eigenvalue weighted by Crippen LogP contribution is 2.27. The van der Waals surface area contributed by atoms with E-state index in [4.69, 9.17) is 9.15 Å². The second-order valence-electron chi connectivity index (χ2n) is 6.23. The van der Waals surface area contributed by atoms with E-state index >= 15 is 0 Å². The summed E-state index contributed by atoms with van der Waals surface area (Å²) in [5, 5.41) is 2.70. The molecule has 0 unspecified atom stereocenters. The molecule has 0 spiro atoms. The molecule has 26 heavy (non-hydrogen) atoms. The topological polar surface area (TPSA) is 97.6 Å². The van der Waals surface area contributed by atoms with Crippen LogP contribution in [0.4, 0.5) is 0 Å². The van der Waals surface area contributed by atoms with Crippen LogP contribution in [0.1, 0.15) is 41.8 Å². The quantitative estimate of drug-likeness (QED) is 0.771. The zero-order valence-electron chi connectivity index (χ0n) is 14.5. The highest BCUT2D eigenvalue weighted by atomic mass is 32.2. The van der Waals surface area contributed by atoms with Crippen LogP contribution in [0.2, 0.25) is 0 Å². The lowest BCUT2D eigenvalue weighted by atomic mass is 10.2. The van der Waals surface area contributed by atoms with Crippen molar-refractivity contribution in [2.24, 2.45) is 0 Å². The van der Waals surface area contributed by atoms with Gasteiger partial charge in [-0.2, -0.15) is 0 Å². The lowest BCUT2D eigenvalue weighted by Crippen LogP contribution is -2.33. The summed E-state index contributed by atoms with van der Waals surface area (Å²) in [5.41, 5.74) is 0.240. The van der Waals surface area contributed by atoms with Gasteiger partial charge in [-0.3, -0.25) is 4.79 Å². The first-order chi connectivity index (χ1) is 12.5. The summed E-state index contributed by atoms with van der Waals surface area (Å²) in [7, 11) is -2.37. The van der Waals surface area contributed by atoms with Gasteiger partial charge in [0.15, 0.2) is 0 Å². The standard InChI is InChI=1S/C18H22N2O5S/c1-24-16-9-8-13(18(21)19-12-15-7-4-10-25-15)11-17(16)26(22,23)20-14-5-2-3-6-14/h4,7-11,14,20H,2-3,5-6,12H2,1H3,(H,19,21). The van der Waals surface area contributed by atoms with Crippen LogP contribution in [0.15, 0.2) is 45.9 Å². The van der Waals surface area contributed by atoms with Crippen LogP contribution in [-0.2, 0) is 16.6 Å². The summed E-state index contributed by atoms with van der Waals surface area (Å²) >= 11 is 0. The van der Waals surface area contributed by atoms with Crippen molar-refractivity contribution < 1.29 is 22.4 Å². The van der Waals surface area contributed by atoms with Crippen molar-refractivity contribution >= 4 is 15.9 Å². The third-order valence-corrected chi connectivity index (χ3v) is 5.94. The van der Waals surface area contributed by atoms with E-state index in [-0.39, 0.29) is 34.7 Å². The number of furan rings is 1. The van der Waals surface area contributed by atoms with Crippen molar-refractivity contribution in [2.75, 3.05) is 7.11 Å². The Bertz CT molecular complexity index is 856. The van der Waals surface area contributed by atoms with E-state index in [0.29, 0.717) is 5.76 Å². The predicted octanol–water partition coefficient (Wildman–Crippen LogP) is 2.44. The maximum atomic E-state index is 12.7. The van der Waals surface area contributed by atoms with Crippen LogP contribution in [0.3, 0.4) is 0 Å². The van der Waals surface area contributed by atoms with Gasteiger partial charge in [-0.15, -0.1) is 0 Å². The Morgan fingerprint density at radius 1 is 1.27 bits per heavy atom. The normalized spacial score (nSPS) is 15.1. The molecule has 1 fully saturated rings. The minimum Gasteiger partial charge on any atom is -0.495 e. The average molecular weight is 378 g/mol. The molecular weight excluding hydrogens is 356 g/mol. The largest absolute Gasteiger partial charge is 0.495 e.